The van der Waals surface area contributed by atoms with E-state index in [0.29, 0.717) is 11.3 Å². The fraction of sp³-hybridized carbons (Fsp3) is 0.0909. The SMILES string of the molecule is CNC(=O)c1ccccc1NC(=O)c1nnc(Cl)s1. The Bertz CT molecular complexity index is 629. The quantitative estimate of drug-likeness (QED) is 0.904. The Morgan fingerprint density at radius 1 is 1.21 bits per heavy atom. The highest BCUT2D eigenvalue weighted by molar-refractivity contribution is 7.17. The lowest BCUT2D eigenvalue weighted by atomic mass is 10.1. The highest BCUT2D eigenvalue weighted by Gasteiger charge is 2.15. The minimum absolute atomic E-state index is 0.136. The van der Waals surface area contributed by atoms with Crippen LogP contribution in [0.3, 0.4) is 0 Å². The predicted molar refractivity (Wildman–Crippen MR) is 72.7 cm³/mol. The van der Waals surface area contributed by atoms with Crippen molar-refractivity contribution in [2.75, 3.05) is 12.4 Å². The van der Waals surface area contributed by atoms with Gasteiger partial charge in [0.2, 0.25) is 9.47 Å². The third-order valence-electron chi connectivity index (χ3n) is 2.24. The standard InChI is InChI=1S/C11H9ClN4O2S/c1-13-8(17)6-4-2-3-5-7(6)14-9(18)10-15-16-11(12)19-10/h2-5H,1H3,(H,13,17)(H,14,18). The van der Waals surface area contributed by atoms with Gasteiger partial charge >= 0.3 is 0 Å². The molecule has 0 aliphatic heterocycles. The van der Waals surface area contributed by atoms with E-state index < -0.39 is 5.91 Å². The van der Waals surface area contributed by atoms with E-state index in [9.17, 15) is 9.59 Å². The molecule has 0 aliphatic carbocycles. The van der Waals surface area contributed by atoms with Crippen molar-refractivity contribution >= 4 is 40.4 Å². The zero-order valence-corrected chi connectivity index (χ0v) is 11.4. The normalized spacial score (nSPS) is 10.0. The fourth-order valence-corrected chi connectivity index (χ4v) is 2.12. The van der Waals surface area contributed by atoms with Gasteiger partial charge in [-0.1, -0.05) is 23.5 Å². The van der Waals surface area contributed by atoms with E-state index in [1.165, 1.54) is 7.05 Å². The minimum atomic E-state index is -0.458. The molecule has 1 heterocycles. The molecule has 2 amide bonds. The van der Waals surface area contributed by atoms with Crippen molar-refractivity contribution in [2.24, 2.45) is 0 Å². The molecule has 98 valence electrons. The molecule has 0 radical (unpaired) electrons. The summed E-state index contributed by atoms with van der Waals surface area (Å²) in [4.78, 5) is 23.5. The highest BCUT2D eigenvalue weighted by atomic mass is 35.5. The number of nitrogens with zero attached hydrogens (tertiary/aromatic N) is 2. The molecule has 6 nitrogen and oxygen atoms in total. The van der Waals surface area contributed by atoms with Crippen LogP contribution in [0.15, 0.2) is 24.3 Å². The van der Waals surface area contributed by atoms with Gasteiger partial charge in [0, 0.05) is 7.05 Å². The van der Waals surface area contributed by atoms with Crippen LogP contribution in [0, 0.1) is 0 Å². The second kappa shape index (κ2) is 5.77. The van der Waals surface area contributed by atoms with E-state index in [0.717, 1.165) is 11.3 Å². The maximum Gasteiger partial charge on any atom is 0.286 e. The van der Waals surface area contributed by atoms with Gasteiger partial charge in [0.15, 0.2) is 0 Å². The average molecular weight is 297 g/mol. The number of hydrogen-bond acceptors (Lipinski definition) is 5. The molecule has 0 bridgehead atoms. The van der Waals surface area contributed by atoms with E-state index in [1.807, 2.05) is 0 Å². The van der Waals surface area contributed by atoms with Gasteiger partial charge in [0.05, 0.1) is 11.3 Å². The molecule has 0 fully saturated rings. The Hall–Kier alpha value is -1.99. The van der Waals surface area contributed by atoms with Crippen LogP contribution >= 0.6 is 22.9 Å². The van der Waals surface area contributed by atoms with E-state index in [-0.39, 0.29) is 15.4 Å². The Balaban J connectivity index is 2.24. The number of hydrogen-bond donors (Lipinski definition) is 2. The number of aromatic nitrogens is 2. The molecule has 2 N–H and O–H groups in total. The lowest BCUT2D eigenvalue weighted by Gasteiger charge is -2.08. The number of para-hydroxylation sites is 1. The van der Waals surface area contributed by atoms with Crippen LogP contribution in [-0.4, -0.2) is 29.1 Å². The maximum absolute atomic E-state index is 11.9. The summed E-state index contributed by atoms with van der Waals surface area (Å²) in [6.07, 6.45) is 0. The van der Waals surface area contributed by atoms with Crippen molar-refractivity contribution in [2.45, 2.75) is 0 Å². The zero-order valence-electron chi connectivity index (χ0n) is 9.81. The molecular formula is C11H9ClN4O2S. The second-order valence-electron chi connectivity index (χ2n) is 3.44. The topological polar surface area (TPSA) is 84.0 Å². The van der Waals surface area contributed by atoms with Crippen LogP contribution < -0.4 is 10.6 Å². The summed E-state index contributed by atoms with van der Waals surface area (Å²) >= 11 is 6.58. The number of anilines is 1. The van der Waals surface area contributed by atoms with Crippen molar-refractivity contribution in [3.05, 3.63) is 39.3 Å². The van der Waals surface area contributed by atoms with Crippen LogP contribution in [0.5, 0.6) is 0 Å². The lowest BCUT2D eigenvalue weighted by molar-refractivity contribution is 0.0964. The Morgan fingerprint density at radius 2 is 1.95 bits per heavy atom. The predicted octanol–water partition coefficient (Wildman–Crippen LogP) is 1.80. The van der Waals surface area contributed by atoms with Gasteiger partial charge in [-0.25, -0.2) is 0 Å². The lowest BCUT2D eigenvalue weighted by Crippen LogP contribution is -2.21. The first-order chi connectivity index (χ1) is 9.11. The van der Waals surface area contributed by atoms with Gasteiger partial charge < -0.3 is 10.6 Å². The molecule has 0 saturated carbocycles. The first-order valence-electron chi connectivity index (χ1n) is 5.23. The zero-order chi connectivity index (χ0) is 13.8. The van der Waals surface area contributed by atoms with Gasteiger partial charge in [-0.3, -0.25) is 9.59 Å². The summed E-state index contributed by atoms with van der Waals surface area (Å²) in [6.45, 7) is 0. The molecule has 19 heavy (non-hydrogen) atoms. The number of benzene rings is 1. The molecule has 0 aliphatic rings. The van der Waals surface area contributed by atoms with Crippen molar-refractivity contribution in [3.8, 4) is 0 Å². The summed E-state index contributed by atoms with van der Waals surface area (Å²) in [5.41, 5.74) is 0.770. The number of halogens is 1. The van der Waals surface area contributed by atoms with Crippen LogP contribution in [0.2, 0.25) is 4.47 Å². The van der Waals surface area contributed by atoms with Crippen molar-refractivity contribution in [1.29, 1.82) is 0 Å². The molecule has 2 aromatic rings. The highest BCUT2D eigenvalue weighted by Crippen LogP contribution is 2.19. The van der Waals surface area contributed by atoms with Crippen LogP contribution in [0.4, 0.5) is 5.69 Å². The molecule has 0 spiro atoms. The Kier molecular flexibility index (Phi) is 4.08. The fourth-order valence-electron chi connectivity index (χ4n) is 1.40. The molecule has 0 saturated heterocycles. The second-order valence-corrected chi connectivity index (χ2v) is 5.00. The van der Waals surface area contributed by atoms with Gasteiger partial charge in [0.1, 0.15) is 0 Å². The minimum Gasteiger partial charge on any atom is -0.355 e. The average Bonchev–Trinajstić information content (AvgIpc) is 2.85. The smallest absolute Gasteiger partial charge is 0.286 e. The molecule has 0 atom stereocenters. The number of rotatable bonds is 3. The monoisotopic (exact) mass is 296 g/mol. The Morgan fingerprint density at radius 3 is 2.58 bits per heavy atom. The largest absolute Gasteiger partial charge is 0.355 e. The summed E-state index contributed by atoms with van der Waals surface area (Å²) in [5.74, 6) is -0.744. The third-order valence-corrected chi connectivity index (χ3v) is 3.26. The van der Waals surface area contributed by atoms with Crippen LogP contribution in [0.25, 0.3) is 0 Å². The van der Waals surface area contributed by atoms with E-state index >= 15 is 0 Å². The molecule has 0 unspecified atom stereocenters. The number of carbonyl (C=O) groups excluding carboxylic acids is 2. The van der Waals surface area contributed by atoms with Crippen LogP contribution in [0.1, 0.15) is 20.2 Å². The maximum atomic E-state index is 11.9. The van der Waals surface area contributed by atoms with Gasteiger partial charge in [-0.05, 0) is 23.7 Å². The first kappa shape index (κ1) is 13.4. The summed E-state index contributed by atoms with van der Waals surface area (Å²) in [5, 5.41) is 12.4. The van der Waals surface area contributed by atoms with Gasteiger partial charge in [-0.2, -0.15) is 0 Å². The molecule has 8 heteroatoms. The number of amides is 2. The molecule has 1 aromatic carbocycles. The summed E-state index contributed by atoms with van der Waals surface area (Å²) < 4.78 is 0.185. The molecule has 1 aromatic heterocycles. The first-order valence-corrected chi connectivity index (χ1v) is 6.42. The van der Waals surface area contributed by atoms with E-state index in [1.54, 1.807) is 24.3 Å². The molecule has 2 rings (SSSR count). The molecular weight excluding hydrogens is 288 g/mol. The number of nitrogens with one attached hydrogen (secondary N) is 2. The van der Waals surface area contributed by atoms with Crippen molar-refractivity contribution in [1.82, 2.24) is 15.5 Å². The van der Waals surface area contributed by atoms with Gasteiger partial charge in [0.25, 0.3) is 11.8 Å². The van der Waals surface area contributed by atoms with E-state index in [4.69, 9.17) is 11.6 Å². The number of carbonyl (C=O) groups is 2. The third kappa shape index (κ3) is 3.07. The van der Waals surface area contributed by atoms with Gasteiger partial charge in [-0.15, -0.1) is 10.2 Å². The van der Waals surface area contributed by atoms with Crippen LogP contribution in [-0.2, 0) is 0 Å². The van der Waals surface area contributed by atoms with Crippen molar-refractivity contribution in [3.63, 3.8) is 0 Å². The van der Waals surface area contributed by atoms with Crippen molar-refractivity contribution < 1.29 is 9.59 Å². The van der Waals surface area contributed by atoms with E-state index in [2.05, 4.69) is 20.8 Å². The Labute approximate surface area is 117 Å². The summed E-state index contributed by atoms with van der Waals surface area (Å²) in [7, 11) is 1.52. The summed E-state index contributed by atoms with van der Waals surface area (Å²) in [6, 6.07) is 6.67.